The molecule has 0 radical (unpaired) electrons. The summed E-state index contributed by atoms with van der Waals surface area (Å²) in [6.07, 6.45) is 3.05. The van der Waals surface area contributed by atoms with Crippen LogP contribution < -0.4 is 10.9 Å². The van der Waals surface area contributed by atoms with Gasteiger partial charge in [-0.3, -0.25) is 19.0 Å². The maximum atomic E-state index is 13.1. The van der Waals surface area contributed by atoms with E-state index in [1.807, 2.05) is 6.92 Å². The van der Waals surface area contributed by atoms with Gasteiger partial charge in [0.2, 0.25) is 11.8 Å². The van der Waals surface area contributed by atoms with E-state index in [0.717, 1.165) is 29.5 Å². The first kappa shape index (κ1) is 20.9. The zero-order chi connectivity index (χ0) is 20.4. The first-order chi connectivity index (χ1) is 13.3. The number of thiophene rings is 1. The summed E-state index contributed by atoms with van der Waals surface area (Å²) in [7, 11) is 3.29. The molecular formula is C19H26N4O3S2. The Morgan fingerprint density at radius 2 is 2.14 bits per heavy atom. The maximum Gasteiger partial charge on any atom is 0.263 e. The largest absolute Gasteiger partial charge is 0.347 e. The van der Waals surface area contributed by atoms with E-state index in [-0.39, 0.29) is 29.7 Å². The highest BCUT2D eigenvalue weighted by Gasteiger charge is 2.24. The average molecular weight is 423 g/mol. The lowest BCUT2D eigenvalue weighted by molar-refractivity contribution is -0.130. The zero-order valence-electron chi connectivity index (χ0n) is 16.7. The number of aromatic nitrogens is 2. The molecule has 1 aliphatic rings. The molecule has 0 saturated carbocycles. The minimum atomic E-state index is -0.253. The van der Waals surface area contributed by atoms with Crippen LogP contribution in [0.1, 0.15) is 30.7 Å². The summed E-state index contributed by atoms with van der Waals surface area (Å²) < 4.78 is 1.65. The predicted molar refractivity (Wildman–Crippen MR) is 113 cm³/mol. The molecule has 0 bridgehead atoms. The molecule has 3 rings (SSSR count). The van der Waals surface area contributed by atoms with E-state index in [2.05, 4.69) is 12.2 Å². The number of fused-ring (bicyclic) bond motifs is 3. The summed E-state index contributed by atoms with van der Waals surface area (Å²) in [6, 6.07) is 0. The molecule has 1 N–H and O–H groups in total. The van der Waals surface area contributed by atoms with Crippen LogP contribution in [0, 0.1) is 5.92 Å². The van der Waals surface area contributed by atoms with Gasteiger partial charge in [-0.05, 0) is 37.7 Å². The number of aryl methyl sites for hydroxylation is 1. The topological polar surface area (TPSA) is 84.3 Å². The van der Waals surface area contributed by atoms with E-state index in [0.29, 0.717) is 17.6 Å². The number of hydrogen-bond acceptors (Lipinski definition) is 6. The molecule has 0 unspecified atom stereocenters. The number of nitrogens with zero attached hydrogens (tertiary/aromatic N) is 3. The van der Waals surface area contributed by atoms with Gasteiger partial charge >= 0.3 is 0 Å². The van der Waals surface area contributed by atoms with Crippen LogP contribution >= 0.6 is 23.1 Å². The lowest BCUT2D eigenvalue weighted by Gasteiger charge is -2.17. The van der Waals surface area contributed by atoms with Crippen LogP contribution in [0.4, 0.5) is 0 Å². The van der Waals surface area contributed by atoms with Gasteiger partial charge < -0.3 is 10.2 Å². The molecule has 2 aromatic rings. The van der Waals surface area contributed by atoms with Crippen molar-refractivity contribution in [3.63, 3.8) is 0 Å². The van der Waals surface area contributed by atoms with E-state index in [1.54, 1.807) is 30.0 Å². The smallest absolute Gasteiger partial charge is 0.263 e. The van der Waals surface area contributed by atoms with E-state index in [4.69, 9.17) is 4.98 Å². The first-order valence-electron chi connectivity index (χ1n) is 9.46. The third-order valence-corrected chi connectivity index (χ3v) is 7.09. The Hall–Kier alpha value is -1.87. The zero-order valence-corrected chi connectivity index (χ0v) is 18.3. The summed E-state index contributed by atoms with van der Waals surface area (Å²) in [4.78, 5) is 45.0. The van der Waals surface area contributed by atoms with E-state index in [9.17, 15) is 14.4 Å². The van der Waals surface area contributed by atoms with Crippen molar-refractivity contribution in [1.82, 2.24) is 19.8 Å². The van der Waals surface area contributed by atoms with Crippen LogP contribution in [-0.4, -0.2) is 52.7 Å². The molecule has 1 aliphatic carbocycles. The number of nitrogens with one attached hydrogen (secondary N) is 1. The Kier molecular flexibility index (Phi) is 6.44. The van der Waals surface area contributed by atoms with Gasteiger partial charge in [-0.2, -0.15) is 0 Å². The Morgan fingerprint density at radius 3 is 2.82 bits per heavy atom. The Bertz CT molecular complexity index is 964. The van der Waals surface area contributed by atoms with Crippen LogP contribution in [0.5, 0.6) is 0 Å². The van der Waals surface area contributed by atoms with Crippen LogP contribution in [0.25, 0.3) is 10.2 Å². The third-order valence-electron chi connectivity index (χ3n) is 4.96. The Morgan fingerprint density at radius 1 is 1.39 bits per heavy atom. The average Bonchev–Trinajstić information content (AvgIpc) is 3.01. The number of carbonyl (C=O) groups is 2. The lowest BCUT2D eigenvalue weighted by atomic mass is 9.89. The van der Waals surface area contributed by atoms with Gasteiger partial charge in [0.05, 0.1) is 17.7 Å². The number of carbonyl (C=O) groups excluding carboxylic acids is 2. The molecule has 152 valence electrons. The summed E-state index contributed by atoms with van der Waals surface area (Å²) in [5.41, 5.74) is 1.17. The summed E-state index contributed by atoms with van der Waals surface area (Å²) in [6.45, 7) is 4.63. The molecule has 0 spiro atoms. The molecular weight excluding hydrogens is 396 g/mol. The minimum absolute atomic E-state index is 0.00903. The highest BCUT2D eigenvalue weighted by Crippen LogP contribution is 2.36. The van der Waals surface area contributed by atoms with Gasteiger partial charge in [0.25, 0.3) is 5.56 Å². The fraction of sp³-hybridized carbons (Fsp3) is 0.579. The van der Waals surface area contributed by atoms with Gasteiger partial charge in [0.15, 0.2) is 5.16 Å². The molecule has 7 nitrogen and oxygen atoms in total. The molecule has 0 fully saturated rings. The van der Waals surface area contributed by atoms with E-state index < -0.39 is 0 Å². The van der Waals surface area contributed by atoms with Crippen LogP contribution in [-0.2, 0) is 29.0 Å². The maximum absolute atomic E-state index is 13.1. The molecule has 2 aromatic heterocycles. The highest BCUT2D eigenvalue weighted by atomic mass is 32.2. The molecule has 0 saturated heterocycles. The fourth-order valence-corrected chi connectivity index (χ4v) is 5.62. The third kappa shape index (κ3) is 4.25. The number of amides is 2. The molecule has 0 aromatic carbocycles. The van der Waals surface area contributed by atoms with Crippen molar-refractivity contribution in [2.24, 2.45) is 5.92 Å². The van der Waals surface area contributed by atoms with E-state index >= 15 is 0 Å². The Balaban J connectivity index is 1.81. The number of hydrogen-bond donors (Lipinski definition) is 1. The highest BCUT2D eigenvalue weighted by molar-refractivity contribution is 7.99. The van der Waals surface area contributed by atoms with Crippen molar-refractivity contribution >= 4 is 45.1 Å². The fourth-order valence-electron chi connectivity index (χ4n) is 3.31. The molecule has 2 heterocycles. The predicted octanol–water partition coefficient (Wildman–Crippen LogP) is 1.90. The number of rotatable bonds is 6. The second kappa shape index (κ2) is 8.65. The normalized spacial score (nSPS) is 16.1. The molecule has 2 amide bonds. The summed E-state index contributed by atoms with van der Waals surface area (Å²) in [5, 5.41) is 3.92. The van der Waals surface area contributed by atoms with Crippen molar-refractivity contribution in [1.29, 1.82) is 0 Å². The molecule has 28 heavy (non-hydrogen) atoms. The van der Waals surface area contributed by atoms with Crippen molar-refractivity contribution < 1.29 is 9.59 Å². The van der Waals surface area contributed by atoms with Crippen molar-refractivity contribution in [2.75, 3.05) is 26.4 Å². The van der Waals surface area contributed by atoms with Crippen molar-refractivity contribution in [3.05, 3.63) is 20.8 Å². The number of thioether (sulfide) groups is 1. The van der Waals surface area contributed by atoms with Crippen molar-refractivity contribution in [2.45, 2.75) is 44.8 Å². The van der Waals surface area contributed by atoms with Gasteiger partial charge in [0.1, 0.15) is 4.83 Å². The van der Waals surface area contributed by atoms with Gasteiger partial charge in [-0.15, -0.1) is 11.3 Å². The summed E-state index contributed by atoms with van der Waals surface area (Å²) in [5.74, 6) is 0.329. The first-order valence-corrected chi connectivity index (χ1v) is 11.3. The van der Waals surface area contributed by atoms with Crippen molar-refractivity contribution in [3.8, 4) is 0 Å². The lowest BCUT2D eigenvalue weighted by Crippen LogP contribution is -2.37. The molecule has 1 atom stereocenters. The van der Waals surface area contributed by atoms with Crippen LogP contribution in [0.3, 0.4) is 0 Å². The van der Waals surface area contributed by atoms with Gasteiger partial charge in [-0.1, -0.05) is 18.7 Å². The second-order valence-corrected chi connectivity index (χ2v) is 9.36. The van der Waals surface area contributed by atoms with Gasteiger partial charge in [0, 0.05) is 25.5 Å². The monoisotopic (exact) mass is 422 g/mol. The minimum Gasteiger partial charge on any atom is -0.347 e. The second-order valence-electron chi connectivity index (χ2n) is 7.33. The van der Waals surface area contributed by atoms with E-state index in [1.165, 1.54) is 27.1 Å². The van der Waals surface area contributed by atoms with Crippen LogP contribution in [0.2, 0.25) is 0 Å². The quantitative estimate of drug-likeness (QED) is 0.568. The molecule has 9 heteroatoms. The molecule has 0 aliphatic heterocycles. The summed E-state index contributed by atoms with van der Waals surface area (Å²) >= 11 is 2.85. The Labute approximate surface area is 172 Å². The van der Waals surface area contributed by atoms with Gasteiger partial charge in [-0.25, -0.2) is 4.98 Å². The number of likely N-dealkylation sites (N-methyl/N-ethyl adjacent to an activating group) is 1. The van der Waals surface area contributed by atoms with Crippen LogP contribution in [0.15, 0.2) is 9.95 Å². The standard InChI is InChI=1S/C19H26N4O3S2/c1-5-23-18(26)16-12-7-6-11(2)8-13(12)28-17(16)21-19(23)27-10-14(24)20-9-15(25)22(3)4/h11H,5-10H2,1-4H3,(H,20,24)/t11-/m1/s1. The SMILES string of the molecule is CCn1c(SCC(=O)NCC(=O)N(C)C)nc2sc3c(c2c1=O)CC[C@@H](C)C3.